The molecule has 0 aromatic heterocycles. The van der Waals surface area contributed by atoms with Crippen LogP contribution < -0.4 is 5.73 Å². The lowest BCUT2D eigenvalue weighted by molar-refractivity contribution is 0.213. The van der Waals surface area contributed by atoms with E-state index in [2.05, 4.69) is 4.99 Å². The summed E-state index contributed by atoms with van der Waals surface area (Å²) < 4.78 is 0. The van der Waals surface area contributed by atoms with Crippen molar-refractivity contribution in [2.24, 2.45) is 10.7 Å². The minimum atomic E-state index is -0.472. The highest BCUT2D eigenvalue weighted by Gasteiger charge is 2.13. The van der Waals surface area contributed by atoms with Crippen molar-refractivity contribution >= 4 is 12.2 Å². The van der Waals surface area contributed by atoms with Gasteiger partial charge < -0.3 is 5.73 Å². The number of primary amides is 1. The van der Waals surface area contributed by atoms with E-state index in [9.17, 15) is 4.79 Å². The van der Waals surface area contributed by atoms with Crippen LogP contribution in [0, 0.1) is 0 Å². The zero-order valence-corrected chi connectivity index (χ0v) is 5.69. The van der Waals surface area contributed by atoms with E-state index < -0.39 is 6.03 Å². The number of nitrogens with two attached hydrogens (primary N) is 1. The molecule has 54 valence electrons. The van der Waals surface area contributed by atoms with E-state index >= 15 is 0 Å². The number of urea groups is 1. The predicted octanol–water partition coefficient (Wildman–Crippen LogP) is 0.311. The summed E-state index contributed by atoms with van der Waals surface area (Å²) in [6, 6.07) is -0.472. The minimum Gasteiger partial charge on any atom is -0.351 e. The smallest absolute Gasteiger partial charge is 0.320 e. The Balaban J connectivity index is 2.70. The predicted molar refractivity (Wildman–Crippen MR) is 38.5 cm³/mol. The van der Waals surface area contributed by atoms with E-state index in [1.54, 1.807) is 25.4 Å². The highest BCUT2D eigenvalue weighted by Crippen LogP contribution is 2.03. The summed E-state index contributed by atoms with van der Waals surface area (Å²) in [4.78, 5) is 15.9. The van der Waals surface area contributed by atoms with Crippen molar-refractivity contribution in [3.05, 3.63) is 12.3 Å². The maximum absolute atomic E-state index is 10.6. The third kappa shape index (κ3) is 1.15. The lowest BCUT2D eigenvalue weighted by Gasteiger charge is -2.21. The number of carbonyl (C=O) groups is 1. The fourth-order valence-corrected chi connectivity index (χ4v) is 0.759. The maximum Gasteiger partial charge on any atom is 0.320 e. The Labute approximate surface area is 59.0 Å². The molecule has 1 unspecified atom stereocenters. The summed E-state index contributed by atoms with van der Waals surface area (Å²) in [7, 11) is 0. The fraction of sp³-hybridized carbons (Fsp3) is 0.333. The Hall–Kier alpha value is -1.32. The number of hydrogen-bond acceptors (Lipinski definition) is 2. The molecule has 0 saturated carbocycles. The molecule has 1 heterocycles. The zero-order chi connectivity index (χ0) is 7.56. The number of aliphatic imine (C=N–C) groups is 1. The molecule has 4 nitrogen and oxygen atoms in total. The van der Waals surface area contributed by atoms with Crippen LogP contribution in [0.4, 0.5) is 4.79 Å². The van der Waals surface area contributed by atoms with Crippen LogP contribution in [0.15, 0.2) is 17.3 Å². The molecule has 1 rings (SSSR count). The molecule has 1 aliphatic rings. The largest absolute Gasteiger partial charge is 0.351 e. The summed E-state index contributed by atoms with van der Waals surface area (Å²) >= 11 is 0. The summed E-state index contributed by atoms with van der Waals surface area (Å²) in [6.07, 6.45) is 4.76. The fourth-order valence-electron chi connectivity index (χ4n) is 0.759. The number of amides is 2. The molecule has 1 aliphatic heterocycles. The van der Waals surface area contributed by atoms with Gasteiger partial charge in [0.2, 0.25) is 0 Å². The molecule has 2 amide bonds. The Morgan fingerprint density at radius 3 is 2.90 bits per heavy atom. The first-order valence-corrected chi connectivity index (χ1v) is 2.99. The van der Waals surface area contributed by atoms with Gasteiger partial charge in [-0.05, 0) is 13.0 Å². The molecule has 10 heavy (non-hydrogen) atoms. The molecule has 0 aromatic carbocycles. The van der Waals surface area contributed by atoms with Crippen LogP contribution in [-0.2, 0) is 0 Å². The molecule has 0 saturated heterocycles. The lowest BCUT2D eigenvalue weighted by atomic mass is 10.4. The van der Waals surface area contributed by atoms with Gasteiger partial charge in [0.15, 0.2) is 0 Å². The molecular formula is C6H9N3O. The molecule has 1 atom stereocenters. The van der Waals surface area contributed by atoms with E-state index in [1.165, 1.54) is 4.90 Å². The van der Waals surface area contributed by atoms with Gasteiger partial charge in [0.1, 0.15) is 6.17 Å². The Morgan fingerprint density at radius 2 is 2.50 bits per heavy atom. The maximum atomic E-state index is 10.6. The summed E-state index contributed by atoms with van der Waals surface area (Å²) in [6.45, 7) is 1.80. The van der Waals surface area contributed by atoms with Gasteiger partial charge in [-0.15, -0.1) is 0 Å². The van der Waals surface area contributed by atoms with Gasteiger partial charge in [0.05, 0.1) is 0 Å². The third-order valence-electron chi connectivity index (χ3n) is 1.29. The van der Waals surface area contributed by atoms with Gasteiger partial charge in [-0.1, -0.05) is 0 Å². The van der Waals surface area contributed by atoms with Gasteiger partial charge in [0, 0.05) is 12.4 Å². The monoisotopic (exact) mass is 139 g/mol. The summed E-state index contributed by atoms with van der Waals surface area (Å²) in [5.41, 5.74) is 5.02. The van der Waals surface area contributed by atoms with Gasteiger partial charge in [0.25, 0.3) is 0 Å². The highest BCUT2D eigenvalue weighted by atomic mass is 16.2. The van der Waals surface area contributed by atoms with Gasteiger partial charge in [-0.2, -0.15) is 0 Å². The average molecular weight is 139 g/mol. The second-order valence-electron chi connectivity index (χ2n) is 2.02. The van der Waals surface area contributed by atoms with Crippen LogP contribution in [0.25, 0.3) is 0 Å². The van der Waals surface area contributed by atoms with E-state index in [-0.39, 0.29) is 6.17 Å². The van der Waals surface area contributed by atoms with Crippen molar-refractivity contribution in [3.8, 4) is 0 Å². The molecule has 0 bridgehead atoms. The first kappa shape index (κ1) is 6.80. The molecular weight excluding hydrogens is 130 g/mol. The number of hydrogen-bond donors (Lipinski definition) is 1. The first-order valence-electron chi connectivity index (χ1n) is 2.99. The standard InChI is InChI=1S/C6H9N3O/c1-5-8-3-2-4-9(5)6(7)10/h2-5H,1H3,(H2,7,10). The van der Waals surface area contributed by atoms with E-state index in [1.807, 2.05) is 0 Å². The lowest BCUT2D eigenvalue weighted by Crippen LogP contribution is -2.38. The quantitative estimate of drug-likeness (QED) is 0.516. The van der Waals surface area contributed by atoms with Crippen LogP contribution in [0.2, 0.25) is 0 Å². The van der Waals surface area contributed by atoms with Gasteiger partial charge >= 0.3 is 6.03 Å². The molecule has 0 aromatic rings. The van der Waals surface area contributed by atoms with Crippen LogP contribution >= 0.6 is 0 Å². The SMILES string of the molecule is CC1N=CC=CN1C(N)=O. The molecule has 0 spiro atoms. The summed E-state index contributed by atoms with van der Waals surface area (Å²) in [5.74, 6) is 0. The Kier molecular flexibility index (Phi) is 1.71. The average Bonchev–Trinajstić information content (AvgIpc) is 1.88. The first-order chi connectivity index (χ1) is 4.72. The Morgan fingerprint density at radius 1 is 1.80 bits per heavy atom. The second-order valence-corrected chi connectivity index (χ2v) is 2.02. The van der Waals surface area contributed by atoms with Crippen LogP contribution in [0.5, 0.6) is 0 Å². The van der Waals surface area contributed by atoms with Crippen LogP contribution in [0.1, 0.15) is 6.92 Å². The number of nitrogens with zero attached hydrogens (tertiary/aromatic N) is 2. The molecule has 0 fully saturated rings. The van der Waals surface area contributed by atoms with Crippen LogP contribution in [0.3, 0.4) is 0 Å². The minimum absolute atomic E-state index is 0.164. The summed E-state index contributed by atoms with van der Waals surface area (Å²) in [5, 5.41) is 0. The number of carbonyl (C=O) groups excluding carboxylic acids is 1. The molecule has 0 aliphatic carbocycles. The highest BCUT2D eigenvalue weighted by molar-refractivity contribution is 5.78. The molecule has 2 N–H and O–H groups in total. The third-order valence-corrected chi connectivity index (χ3v) is 1.29. The second kappa shape index (κ2) is 2.51. The van der Waals surface area contributed by atoms with Crippen LogP contribution in [-0.4, -0.2) is 23.3 Å². The van der Waals surface area contributed by atoms with Crippen molar-refractivity contribution < 1.29 is 4.79 Å². The topological polar surface area (TPSA) is 58.7 Å². The van der Waals surface area contributed by atoms with Crippen molar-refractivity contribution in [2.45, 2.75) is 13.1 Å². The van der Waals surface area contributed by atoms with Crippen molar-refractivity contribution in [1.82, 2.24) is 4.90 Å². The number of allylic oxidation sites excluding steroid dienone is 1. The van der Waals surface area contributed by atoms with E-state index in [0.29, 0.717) is 0 Å². The van der Waals surface area contributed by atoms with Crippen molar-refractivity contribution in [3.63, 3.8) is 0 Å². The van der Waals surface area contributed by atoms with E-state index in [0.717, 1.165) is 0 Å². The van der Waals surface area contributed by atoms with Gasteiger partial charge in [-0.3, -0.25) is 9.89 Å². The molecule has 0 radical (unpaired) electrons. The number of rotatable bonds is 0. The normalized spacial score (nSPS) is 23.3. The Bertz CT molecular complexity index is 197. The molecule has 4 heteroatoms. The van der Waals surface area contributed by atoms with E-state index in [4.69, 9.17) is 5.73 Å². The van der Waals surface area contributed by atoms with Crippen molar-refractivity contribution in [2.75, 3.05) is 0 Å². The van der Waals surface area contributed by atoms with Gasteiger partial charge in [-0.25, -0.2) is 4.79 Å². The van der Waals surface area contributed by atoms with Crippen molar-refractivity contribution in [1.29, 1.82) is 0 Å². The zero-order valence-electron chi connectivity index (χ0n) is 5.69.